The minimum absolute atomic E-state index is 0. The van der Waals surface area contributed by atoms with Gasteiger partial charge in [0, 0.05) is 52.6 Å². The van der Waals surface area contributed by atoms with E-state index in [9.17, 15) is 0 Å². The molecule has 0 atom stereocenters. The number of hydrogen-bond acceptors (Lipinski definition) is 2. The van der Waals surface area contributed by atoms with Crippen LogP contribution < -0.4 is 0 Å². The van der Waals surface area contributed by atoms with Gasteiger partial charge in [0.1, 0.15) is 0 Å². The maximum Gasteiger partial charge on any atom is 2.00 e. The van der Waals surface area contributed by atoms with Crippen molar-refractivity contribution in [3.05, 3.63) is 213 Å². The molecule has 286 valence electrons. The molecule has 0 aliphatic heterocycles. The number of benzene rings is 7. The van der Waals surface area contributed by atoms with Crippen molar-refractivity contribution in [3.8, 4) is 62.1 Å². The van der Waals surface area contributed by atoms with Crippen LogP contribution in [0.4, 0.5) is 0 Å². The number of aromatic nitrogens is 7. The summed E-state index contributed by atoms with van der Waals surface area (Å²) in [5.74, 6) is 1.62. The number of hydrogen-bond donors (Lipinski definition) is 0. The molecule has 5 heterocycles. The topological polar surface area (TPSA) is 49.4 Å². The van der Waals surface area contributed by atoms with E-state index in [1.807, 2.05) is 24.8 Å². The average molecular weight is 951 g/mol. The van der Waals surface area contributed by atoms with Crippen molar-refractivity contribution in [2.75, 3.05) is 0 Å². The van der Waals surface area contributed by atoms with Crippen molar-refractivity contribution in [1.29, 1.82) is 0 Å². The Bertz CT molecular complexity index is 3480. The summed E-state index contributed by atoms with van der Waals surface area (Å²) in [6.45, 7) is 0. The van der Waals surface area contributed by atoms with Crippen LogP contribution in [0.15, 0.2) is 201 Å². The minimum Gasteiger partial charge on any atom is -0.358 e. The fraction of sp³-hybridized carbons (Fsp3) is 0. The molecule has 7 aromatic carbocycles. The van der Waals surface area contributed by atoms with Gasteiger partial charge in [0.05, 0.1) is 22.8 Å². The number of imidazole rings is 4. The first-order valence-corrected chi connectivity index (χ1v) is 19.7. The van der Waals surface area contributed by atoms with Crippen LogP contribution in [0.25, 0.3) is 95.5 Å². The summed E-state index contributed by atoms with van der Waals surface area (Å²) in [4.78, 5) is 9.86. The largest absolute Gasteiger partial charge is 2.00 e. The normalized spacial score (nSPS) is 11.5. The van der Waals surface area contributed by atoms with Gasteiger partial charge in [-0.05, 0) is 11.5 Å². The zero-order valence-corrected chi connectivity index (χ0v) is 34.3. The van der Waals surface area contributed by atoms with Crippen LogP contribution in [-0.2, 0) is 21.1 Å². The summed E-state index contributed by atoms with van der Waals surface area (Å²) in [5, 5.41) is 2.25. The molecule has 0 fully saturated rings. The smallest absolute Gasteiger partial charge is 0.358 e. The van der Waals surface area contributed by atoms with E-state index in [2.05, 4.69) is 211 Å². The second-order valence-electron chi connectivity index (χ2n) is 14.6. The van der Waals surface area contributed by atoms with Gasteiger partial charge >= 0.3 is 21.1 Å². The third kappa shape index (κ3) is 5.47. The monoisotopic (exact) mass is 950 g/mol. The molecule has 7 nitrogen and oxygen atoms in total. The first kappa shape index (κ1) is 35.7. The van der Waals surface area contributed by atoms with Crippen LogP contribution >= 0.6 is 0 Å². The van der Waals surface area contributed by atoms with E-state index in [-0.39, 0.29) is 21.1 Å². The summed E-state index contributed by atoms with van der Waals surface area (Å²) in [6.07, 6.45) is 7.82. The quantitative estimate of drug-likeness (QED) is 0.149. The summed E-state index contributed by atoms with van der Waals surface area (Å²) in [6, 6.07) is 69.3. The fourth-order valence-corrected chi connectivity index (χ4v) is 8.80. The molecule has 0 spiro atoms. The van der Waals surface area contributed by atoms with E-state index < -0.39 is 0 Å². The zero-order chi connectivity index (χ0) is 38.9. The second-order valence-corrected chi connectivity index (χ2v) is 14.6. The van der Waals surface area contributed by atoms with Gasteiger partial charge in [-0.2, -0.15) is 12.1 Å². The maximum atomic E-state index is 4.94. The van der Waals surface area contributed by atoms with Gasteiger partial charge in [-0.25, -0.2) is 9.97 Å². The molecule has 5 aromatic heterocycles. The van der Waals surface area contributed by atoms with Crippen LogP contribution in [0, 0.1) is 12.1 Å². The molecule has 0 radical (unpaired) electrons. The third-order valence-corrected chi connectivity index (χ3v) is 11.3. The van der Waals surface area contributed by atoms with Crippen molar-refractivity contribution in [2.24, 2.45) is 0 Å². The number of para-hydroxylation sites is 1. The van der Waals surface area contributed by atoms with Crippen LogP contribution in [0.5, 0.6) is 0 Å². The minimum atomic E-state index is 0. The Kier molecular flexibility index (Phi) is 8.57. The van der Waals surface area contributed by atoms with Crippen molar-refractivity contribution < 1.29 is 21.1 Å². The van der Waals surface area contributed by atoms with Gasteiger partial charge in [-0.3, -0.25) is 8.80 Å². The van der Waals surface area contributed by atoms with E-state index in [1.165, 1.54) is 0 Å². The summed E-state index contributed by atoms with van der Waals surface area (Å²) < 4.78 is 11.1. The Balaban J connectivity index is 0.00000408. The zero-order valence-electron chi connectivity index (χ0n) is 32.0. The molecular formula is C52H33N7Pt. The maximum absolute atomic E-state index is 4.94. The standard InChI is InChI=1S/C52H33N7.Pt/c1-5-16-36(17-6-1)47-49(38-20-9-3-10-21-38)58(51-53-30-32-55(47)51)41-25-15-24-40(34-41)57-45-27-14-13-26-43(45)44-29-28-42(35-46(44)57)59-50(39-22-11-4-12-23-39)48(37-18-7-2-8-19-37)56-33-31-54-52(56)59;/h1-33H;/q-2;+2. The molecule has 60 heavy (non-hydrogen) atoms. The van der Waals surface area contributed by atoms with Crippen LogP contribution in [0.2, 0.25) is 0 Å². The molecule has 0 amide bonds. The van der Waals surface area contributed by atoms with Crippen LogP contribution in [0.3, 0.4) is 0 Å². The average Bonchev–Trinajstić information content (AvgIpc) is 4.13. The summed E-state index contributed by atoms with van der Waals surface area (Å²) in [5.41, 5.74) is 13.3. The predicted molar refractivity (Wildman–Crippen MR) is 236 cm³/mol. The predicted octanol–water partition coefficient (Wildman–Crippen LogP) is 11.9. The van der Waals surface area contributed by atoms with Crippen molar-refractivity contribution in [1.82, 2.24) is 32.5 Å². The van der Waals surface area contributed by atoms with Gasteiger partial charge in [0.25, 0.3) is 0 Å². The van der Waals surface area contributed by atoms with Gasteiger partial charge in [-0.15, -0.1) is 35.7 Å². The molecule has 0 N–H and O–H groups in total. The van der Waals surface area contributed by atoms with Gasteiger partial charge in [0.2, 0.25) is 11.6 Å². The second kappa shape index (κ2) is 14.4. The molecule has 0 saturated carbocycles. The van der Waals surface area contributed by atoms with Crippen molar-refractivity contribution >= 4 is 33.4 Å². The molecule has 0 aliphatic rings. The van der Waals surface area contributed by atoms with Gasteiger partial charge < -0.3 is 13.7 Å². The number of fused-ring (bicyclic) bond motifs is 5. The SMILES string of the molecule is [Pt+2].[c-]1c(-n2c(-c3ccccc3)c(-c3ccccc3)n3ccnc23)cccc1-n1c2[c-]c(-n3c(-c4ccccc4)c(-c4ccccc4)n4ccnc34)ccc2c2ccccc21. The molecule has 0 unspecified atom stereocenters. The number of rotatable bonds is 7. The van der Waals surface area contributed by atoms with Gasteiger partial charge in [-0.1, -0.05) is 162 Å². The molecule has 0 saturated heterocycles. The Hall–Kier alpha value is -7.47. The first-order valence-electron chi connectivity index (χ1n) is 19.7. The molecule has 0 aliphatic carbocycles. The Morgan fingerprint density at radius 1 is 0.350 bits per heavy atom. The summed E-state index contributed by atoms with van der Waals surface area (Å²) >= 11 is 0. The third-order valence-electron chi connectivity index (χ3n) is 11.3. The van der Waals surface area contributed by atoms with Crippen LogP contribution in [0.1, 0.15) is 0 Å². The fourth-order valence-electron chi connectivity index (χ4n) is 8.80. The molecule has 12 aromatic rings. The Labute approximate surface area is 360 Å². The number of nitrogens with zero attached hydrogens (tertiary/aromatic N) is 7. The van der Waals surface area contributed by atoms with Gasteiger partial charge in [0.15, 0.2) is 0 Å². The molecular weight excluding hydrogens is 918 g/mol. The van der Waals surface area contributed by atoms with E-state index in [4.69, 9.17) is 9.97 Å². The van der Waals surface area contributed by atoms with E-state index in [0.717, 1.165) is 95.5 Å². The van der Waals surface area contributed by atoms with E-state index in [1.54, 1.807) is 0 Å². The Morgan fingerprint density at radius 3 is 1.30 bits per heavy atom. The van der Waals surface area contributed by atoms with Crippen molar-refractivity contribution in [2.45, 2.75) is 0 Å². The van der Waals surface area contributed by atoms with Crippen LogP contribution in [-0.4, -0.2) is 32.5 Å². The summed E-state index contributed by atoms with van der Waals surface area (Å²) in [7, 11) is 0. The molecule has 8 heteroatoms. The van der Waals surface area contributed by atoms with Crippen molar-refractivity contribution in [3.63, 3.8) is 0 Å². The van der Waals surface area contributed by atoms with E-state index >= 15 is 0 Å². The molecule has 12 rings (SSSR count). The molecule has 0 bridgehead atoms. The Morgan fingerprint density at radius 2 is 0.783 bits per heavy atom. The van der Waals surface area contributed by atoms with E-state index in [0.29, 0.717) is 0 Å². The first-order chi connectivity index (χ1) is 29.3.